The van der Waals surface area contributed by atoms with E-state index in [0.717, 1.165) is 22.3 Å². The standard InChI is InChI=1S/C14H13Br2NO/c1-9-4-11(15)7-12(5-9)17-8-10-2-3-14(18)13(16)6-10/h2-7,17-18H,8H2,1H3. The lowest BCUT2D eigenvalue weighted by molar-refractivity contribution is 0.471. The van der Waals surface area contributed by atoms with Gasteiger partial charge in [-0.1, -0.05) is 22.0 Å². The van der Waals surface area contributed by atoms with Crippen LogP contribution < -0.4 is 5.32 Å². The van der Waals surface area contributed by atoms with Crippen LogP contribution in [0, 0.1) is 6.92 Å². The molecule has 0 aliphatic rings. The molecule has 0 bridgehead atoms. The number of benzene rings is 2. The number of rotatable bonds is 3. The molecule has 0 fully saturated rings. The summed E-state index contributed by atoms with van der Waals surface area (Å²) in [5, 5.41) is 12.8. The second-order valence-electron chi connectivity index (χ2n) is 4.16. The molecule has 0 aliphatic heterocycles. The third-order valence-electron chi connectivity index (χ3n) is 2.55. The normalized spacial score (nSPS) is 10.4. The fraction of sp³-hybridized carbons (Fsp3) is 0.143. The largest absolute Gasteiger partial charge is 0.507 e. The summed E-state index contributed by atoms with van der Waals surface area (Å²) < 4.78 is 1.78. The molecule has 2 aromatic carbocycles. The average Bonchev–Trinajstić information content (AvgIpc) is 2.29. The van der Waals surface area contributed by atoms with Crippen molar-refractivity contribution in [3.63, 3.8) is 0 Å². The molecule has 0 aromatic heterocycles. The molecule has 0 unspecified atom stereocenters. The molecular formula is C14H13Br2NO. The van der Waals surface area contributed by atoms with Gasteiger partial charge in [-0.2, -0.15) is 0 Å². The summed E-state index contributed by atoms with van der Waals surface area (Å²) in [5.41, 5.74) is 3.39. The van der Waals surface area contributed by atoms with Gasteiger partial charge in [0.1, 0.15) is 5.75 Å². The Labute approximate surface area is 123 Å². The van der Waals surface area contributed by atoms with Crippen molar-refractivity contribution in [1.29, 1.82) is 0 Å². The lowest BCUT2D eigenvalue weighted by Crippen LogP contribution is -1.99. The van der Waals surface area contributed by atoms with E-state index in [2.05, 4.69) is 56.2 Å². The van der Waals surface area contributed by atoms with Crippen LogP contribution in [0.1, 0.15) is 11.1 Å². The zero-order valence-corrected chi connectivity index (χ0v) is 13.0. The van der Waals surface area contributed by atoms with Crippen molar-refractivity contribution in [3.05, 3.63) is 56.5 Å². The first-order valence-corrected chi connectivity index (χ1v) is 7.11. The molecule has 0 amide bonds. The first-order chi connectivity index (χ1) is 8.54. The van der Waals surface area contributed by atoms with Crippen molar-refractivity contribution in [3.8, 4) is 5.75 Å². The molecule has 0 saturated heterocycles. The van der Waals surface area contributed by atoms with Gasteiger partial charge in [0.05, 0.1) is 4.47 Å². The Kier molecular flexibility index (Phi) is 4.30. The van der Waals surface area contributed by atoms with Crippen molar-refractivity contribution < 1.29 is 5.11 Å². The SMILES string of the molecule is Cc1cc(Br)cc(NCc2ccc(O)c(Br)c2)c1. The Bertz CT molecular complexity index is 549. The van der Waals surface area contributed by atoms with Crippen molar-refractivity contribution in [1.82, 2.24) is 0 Å². The molecule has 0 aliphatic carbocycles. The van der Waals surface area contributed by atoms with E-state index in [1.54, 1.807) is 6.07 Å². The van der Waals surface area contributed by atoms with E-state index < -0.39 is 0 Å². The summed E-state index contributed by atoms with van der Waals surface area (Å²) in [6.45, 7) is 2.78. The molecule has 4 heteroatoms. The molecule has 0 radical (unpaired) electrons. The molecule has 0 spiro atoms. The predicted molar refractivity (Wildman–Crippen MR) is 82.0 cm³/mol. The Balaban J connectivity index is 2.08. The van der Waals surface area contributed by atoms with Gasteiger partial charge < -0.3 is 10.4 Å². The summed E-state index contributed by atoms with van der Waals surface area (Å²) in [5.74, 6) is 0.261. The van der Waals surface area contributed by atoms with Crippen LogP contribution in [0.3, 0.4) is 0 Å². The van der Waals surface area contributed by atoms with E-state index >= 15 is 0 Å². The number of aromatic hydroxyl groups is 1. The second-order valence-corrected chi connectivity index (χ2v) is 5.93. The van der Waals surface area contributed by atoms with E-state index in [-0.39, 0.29) is 5.75 Å². The third kappa shape index (κ3) is 3.50. The van der Waals surface area contributed by atoms with Crippen LogP contribution in [-0.4, -0.2) is 5.11 Å². The van der Waals surface area contributed by atoms with E-state index in [1.807, 2.05) is 18.2 Å². The van der Waals surface area contributed by atoms with Gasteiger partial charge in [0, 0.05) is 16.7 Å². The molecule has 0 atom stereocenters. The summed E-state index contributed by atoms with van der Waals surface area (Å²) >= 11 is 6.79. The number of anilines is 1. The van der Waals surface area contributed by atoms with Crippen molar-refractivity contribution in [2.24, 2.45) is 0 Å². The number of phenols is 1. The fourth-order valence-electron chi connectivity index (χ4n) is 1.70. The Morgan fingerprint density at radius 1 is 1.11 bits per heavy atom. The Morgan fingerprint density at radius 3 is 2.56 bits per heavy atom. The number of halogens is 2. The first-order valence-electron chi connectivity index (χ1n) is 5.53. The minimum absolute atomic E-state index is 0.261. The molecule has 2 nitrogen and oxygen atoms in total. The Morgan fingerprint density at radius 2 is 1.89 bits per heavy atom. The zero-order chi connectivity index (χ0) is 13.1. The molecule has 18 heavy (non-hydrogen) atoms. The maximum absolute atomic E-state index is 9.43. The smallest absolute Gasteiger partial charge is 0.129 e. The first kappa shape index (κ1) is 13.4. The topological polar surface area (TPSA) is 32.3 Å². The number of nitrogens with one attached hydrogen (secondary N) is 1. The van der Waals surface area contributed by atoms with Crippen LogP contribution in [0.15, 0.2) is 45.3 Å². The summed E-state index contributed by atoms with van der Waals surface area (Å²) in [6.07, 6.45) is 0. The van der Waals surface area contributed by atoms with Crippen LogP contribution in [0.25, 0.3) is 0 Å². The van der Waals surface area contributed by atoms with Crippen LogP contribution in [0.5, 0.6) is 5.75 Å². The molecule has 94 valence electrons. The molecule has 0 saturated carbocycles. The van der Waals surface area contributed by atoms with E-state index in [4.69, 9.17) is 0 Å². The fourth-order valence-corrected chi connectivity index (χ4v) is 2.74. The van der Waals surface area contributed by atoms with Gasteiger partial charge in [-0.3, -0.25) is 0 Å². The van der Waals surface area contributed by atoms with Gasteiger partial charge in [0.15, 0.2) is 0 Å². The average molecular weight is 371 g/mol. The molecule has 2 aromatic rings. The maximum Gasteiger partial charge on any atom is 0.129 e. The number of phenolic OH excluding ortho intramolecular Hbond substituents is 1. The quantitative estimate of drug-likeness (QED) is 0.810. The lowest BCUT2D eigenvalue weighted by Gasteiger charge is -2.09. The van der Waals surface area contributed by atoms with E-state index in [9.17, 15) is 5.11 Å². The lowest BCUT2D eigenvalue weighted by atomic mass is 10.2. The van der Waals surface area contributed by atoms with Crippen molar-refractivity contribution in [2.75, 3.05) is 5.32 Å². The Hall–Kier alpha value is -1.00. The van der Waals surface area contributed by atoms with Gasteiger partial charge in [-0.25, -0.2) is 0 Å². The highest BCUT2D eigenvalue weighted by molar-refractivity contribution is 9.10. The number of hydrogen-bond acceptors (Lipinski definition) is 2. The number of aryl methyl sites for hydroxylation is 1. The van der Waals surface area contributed by atoms with Crippen LogP contribution in [-0.2, 0) is 6.54 Å². The van der Waals surface area contributed by atoms with Crippen LogP contribution in [0.2, 0.25) is 0 Å². The van der Waals surface area contributed by atoms with Crippen molar-refractivity contribution >= 4 is 37.5 Å². The molecular weight excluding hydrogens is 358 g/mol. The minimum Gasteiger partial charge on any atom is -0.507 e. The zero-order valence-electron chi connectivity index (χ0n) is 9.87. The van der Waals surface area contributed by atoms with Gasteiger partial charge in [-0.15, -0.1) is 0 Å². The highest BCUT2D eigenvalue weighted by Gasteiger charge is 2.01. The maximum atomic E-state index is 9.43. The summed E-state index contributed by atoms with van der Waals surface area (Å²) in [7, 11) is 0. The predicted octanol–water partition coefficient (Wildman–Crippen LogP) is 4.84. The summed E-state index contributed by atoms with van der Waals surface area (Å²) in [6, 6.07) is 11.7. The molecule has 2 N–H and O–H groups in total. The second kappa shape index (κ2) is 5.76. The van der Waals surface area contributed by atoms with Gasteiger partial charge in [-0.05, 0) is 64.3 Å². The van der Waals surface area contributed by atoms with Gasteiger partial charge in [0.25, 0.3) is 0 Å². The molecule has 0 heterocycles. The van der Waals surface area contributed by atoms with E-state index in [0.29, 0.717) is 4.47 Å². The monoisotopic (exact) mass is 369 g/mol. The van der Waals surface area contributed by atoms with Crippen molar-refractivity contribution in [2.45, 2.75) is 13.5 Å². The van der Waals surface area contributed by atoms with E-state index in [1.165, 1.54) is 5.56 Å². The third-order valence-corrected chi connectivity index (χ3v) is 3.64. The van der Waals surface area contributed by atoms with Gasteiger partial charge >= 0.3 is 0 Å². The van der Waals surface area contributed by atoms with Gasteiger partial charge in [0.2, 0.25) is 0 Å². The van der Waals surface area contributed by atoms with Crippen LogP contribution in [0.4, 0.5) is 5.69 Å². The summed E-state index contributed by atoms with van der Waals surface area (Å²) in [4.78, 5) is 0. The van der Waals surface area contributed by atoms with Crippen LogP contribution >= 0.6 is 31.9 Å². The minimum atomic E-state index is 0.261. The highest BCUT2D eigenvalue weighted by atomic mass is 79.9. The number of hydrogen-bond donors (Lipinski definition) is 2. The highest BCUT2D eigenvalue weighted by Crippen LogP contribution is 2.25. The molecule has 2 rings (SSSR count).